The first-order valence-corrected chi connectivity index (χ1v) is 9.05. The number of benzene rings is 1. The van der Waals surface area contributed by atoms with Gasteiger partial charge in [-0.05, 0) is 38.4 Å². The smallest absolute Gasteiger partial charge is 0.276 e. The number of rotatable bonds is 7. The maximum atomic E-state index is 12.2. The van der Waals surface area contributed by atoms with E-state index in [1.54, 1.807) is 24.4 Å². The van der Waals surface area contributed by atoms with Crippen LogP contribution < -0.4 is 10.1 Å². The highest BCUT2D eigenvalue weighted by atomic mass is 32.1. The first-order valence-electron chi connectivity index (χ1n) is 8.18. The molecule has 0 spiro atoms. The van der Waals surface area contributed by atoms with Gasteiger partial charge in [0.2, 0.25) is 0 Å². The lowest BCUT2D eigenvalue weighted by Gasteiger charge is -2.11. The van der Waals surface area contributed by atoms with Gasteiger partial charge in [0.25, 0.3) is 5.91 Å². The lowest BCUT2D eigenvalue weighted by atomic mass is 10.2. The SMILES string of the molecule is CN(C)CCOc1cccc(-c2csc(NC(=O)c3ccccn3)n2)c1. The Bertz CT molecular complexity index is 865. The standard InChI is InChI=1S/C19H20N4O2S/c1-23(2)10-11-25-15-7-5-6-14(12-15)17-13-26-19(21-17)22-18(24)16-8-3-4-9-20-16/h3-9,12-13H,10-11H2,1-2H3,(H,21,22,24). The number of hydrogen-bond donors (Lipinski definition) is 1. The van der Waals surface area contributed by atoms with E-state index < -0.39 is 0 Å². The molecule has 1 aromatic carbocycles. The summed E-state index contributed by atoms with van der Waals surface area (Å²) in [6, 6.07) is 13.0. The molecule has 26 heavy (non-hydrogen) atoms. The molecule has 0 saturated carbocycles. The van der Waals surface area contributed by atoms with E-state index in [1.807, 2.05) is 43.7 Å². The molecule has 0 aliphatic carbocycles. The minimum absolute atomic E-state index is 0.271. The Morgan fingerprint density at radius 3 is 2.88 bits per heavy atom. The predicted octanol–water partition coefficient (Wildman–Crippen LogP) is 3.40. The lowest BCUT2D eigenvalue weighted by molar-refractivity contribution is 0.102. The predicted molar refractivity (Wildman–Crippen MR) is 104 cm³/mol. The van der Waals surface area contributed by atoms with Crippen molar-refractivity contribution in [2.45, 2.75) is 0 Å². The van der Waals surface area contributed by atoms with Gasteiger partial charge in [0, 0.05) is 23.7 Å². The van der Waals surface area contributed by atoms with Crippen LogP contribution in [0.25, 0.3) is 11.3 Å². The van der Waals surface area contributed by atoms with Crippen LogP contribution in [0.15, 0.2) is 54.0 Å². The number of aromatic nitrogens is 2. The van der Waals surface area contributed by atoms with E-state index >= 15 is 0 Å². The summed E-state index contributed by atoms with van der Waals surface area (Å²) in [7, 11) is 4.02. The number of thiazole rings is 1. The van der Waals surface area contributed by atoms with Gasteiger partial charge >= 0.3 is 0 Å². The number of pyridine rings is 1. The van der Waals surface area contributed by atoms with Gasteiger partial charge in [-0.3, -0.25) is 15.1 Å². The fourth-order valence-corrected chi connectivity index (χ4v) is 2.93. The molecule has 0 unspecified atom stereocenters. The Balaban J connectivity index is 1.67. The van der Waals surface area contributed by atoms with Crippen molar-refractivity contribution in [2.24, 2.45) is 0 Å². The number of carbonyl (C=O) groups is 1. The summed E-state index contributed by atoms with van der Waals surface area (Å²) in [6.07, 6.45) is 1.59. The van der Waals surface area contributed by atoms with Crippen molar-refractivity contribution in [3.05, 3.63) is 59.7 Å². The molecule has 6 nitrogen and oxygen atoms in total. The summed E-state index contributed by atoms with van der Waals surface area (Å²) < 4.78 is 5.76. The Labute approximate surface area is 156 Å². The van der Waals surface area contributed by atoms with Crippen LogP contribution in [-0.2, 0) is 0 Å². The van der Waals surface area contributed by atoms with Crippen molar-refractivity contribution in [3.63, 3.8) is 0 Å². The van der Waals surface area contributed by atoms with Crippen molar-refractivity contribution in [1.82, 2.24) is 14.9 Å². The fourth-order valence-electron chi connectivity index (χ4n) is 2.21. The minimum atomic E-state index is -0.271. The maximum absolute atomic E-state index is 12.2. The molecule has 0 saturated heterocycles. The molecular formula is C19H20N4O2S. The second kappa shape index (κ2) is 8.55. The summed E-state index contributed by atoms with van der Waals surface area (Å²) in [5.74, 6) is 0.531. The summed E-state index contributed by atoms with van der Waals surface area (Å²) in [4.78, 5) is 22.8. The minimum Gasteiger partial charge on any atom is -0.492 e. The Hall–Kier alpha value is -2.77. The number of nitrogens with one attached hydrogen (secondary N) is 1. The largest absolute Gasteiger partial charge is 0.492 e. The van der Waals surface area contributed by atoms with E-state index in [4.69, 9.17) is 4.74 Å². The van der Waals surface area contributed by atoms with Crippen LogP contribution in [-0.4, -0.2) is 48.0 Å². The molecule has 2 heterocycles. The number of likely N-dealkylation sites (N-methyl/N-ethyl adjacent to an activating group) is 1. The van der Waals surface area contributed by atoms with Crippen LogP contribution in [0.5, 0.6) is 5.75 Å². The fraction of sp³-hybridized carbons (Fsp3) is 0.211. The summed E-state index contributed by atoms with van der Waals surface area (Å²) in [5, 5.41) is 5.23. The van der Waals surface area contributed by atoms with Crippen molar-refractivity contribution >= 4 is 22.4 Å². The molecule has 0 fully saturated rings. The van der Waals surface area contributed by atoms with Crippen LogP contribution in [0.3, 0.4) is 0 Å². The molecule has 7 heteroatoms. The van der Waals surface area contributed by atoms with Gasteiger partial charge < -0.3 is 9.64 Å². The molecule has 2 aromatic heterocycles. The molecule has 0 atom stereocenters. The third kappa shape index (κ3) is 4.87. The number of amides is 1. The summed E-state index contributed by atoms with van der Waals surface area (Å²) >= 11 is 1.38. The topological polar surface area (TPSA) is 67.3 Å². The first kappa shape index (κ1) is 18.0. The Morgan fingerprint density at radius 2 is 2.12 bits per heavy atom. The molecule has 1 amide bonds. The highest BCUT2D eigenvalue weighted by Gasteiger charge is 2.11. The molecule has 0 aliphatic heterocycles. The average Bonchev–Trinajstić information content (AvgIpc) is 3.11. The quantitative estimate of drug-likeness (QED) is 0.692. The zero-order valence-electron chi connectivity index (χ0n) is 14.7. The molecule has 1 N–H and O–H groups in total. The number of anilines is 1. The van der Waals surface area contributed by atoms with E-state index in [0.717, 1.165) is 23.6 Å². The van der Waals surface area contributed by atoms with Gasteiger partial charge in [-0.25, -0.2) is 4.98 Å². The van der Waals surface area contributed by atoms with Crippen molar-refractivity contribution in [2.75, 3.05) is 32.6 Å². The molecule has 3 rings (SSSR count). The highest BCUT2D eigenvalue weighted by Crippen LogP contribution is 2.27. The van der Waals surface area contributed by atoms with Crippen LogP contribution in [0.1, 0.15) is 10.5 Å². The van der Waals surface area contributed by atoms with Crippen LogP contribution in [0, 0.1) is 0 Å². The van der Waals surface area contributed by atoms with E-state index in [-0.39, 0.29) is 5.91 Å². The zero-order chi connectivity index (χ0) is 18.4. The van der Waals surface area contributed by atoms with Gasteiger partial charge in [-0.2, -0.15) is 0 Å². The average molecular weight is 368 g/mol. The van der Waals surface area contributed by atoms with E-state index in [2.05, 4.69) is 20.2 Å². The van der Waals surface area contributed by atoms with Gasteiger partial charge in [-0.1, -0.05) is 18.2 Å². The molecule has 0 aliphatic rings. The molecule has 3 aromatic rings. The molecule has 0 bridgehead atoms. The van der Waals surface area contributed by atoms with Gasteiger partial charge in [0.15, 0.2) is 5.13 Å². The summed E-state index contributed by atoms with van der Waals surface area (Å²) in [6.45, 7) is 1.48. The monoisotopic (exact) mass is 368 g/mol. The normalized spacial score (nSPS) is 10.7. The van der Waals surface area contributed by atoms with Crippen molar-refractivity contribution in [3.8, 4) is 17.0 Å². The van der Waals surface area contributed by atoms with E-state index in [9.17, 15) is 4.79 Å². The lowest BCUT2D eigenvalue weighted by Crippen LogP contribution is -2.19. The van der Waals surface area contributed by atoms with Crippen molar-refractivity contribution < 1.29 is 9.53 Å². The number of ether oxygens (including phenoxy) is 1. The van der Waals surface area contributed by atoms with Crippen LogP contribution in [0.4, 0.5) is 5.13 Å². The Kier molecular flexibility index (Phi) is 5.93. The number of nitrogens with zero attached hydrogens (tertiary/aromatic N) is 3. The number of carbonyl (C=O) groups excluding carboxylic acids is 1. The summed E-state index contributed by atoms with van der Waals surface area (Å²) in [5.41, 5.74) is 2.10. The second-order valence-electron chi connectivity index (χ2n) is 5.89. The van der Waals surface area contributed by atoms with Crippen LogP contribution in [0.2, 0.25) is 0 Å². The van der Waals surface area contributed by atoms with Gasteiger partial charge in [0.1, 0.15) is 18.1 Å². The third-order valence-electron chi connectivity index (χ3n) is 3.56. The van der Waals surface area contributed by atoms with Crippen LogP contribution >= 0.6 is 11.3 Å². The Morgan fingerprint density at radius 1 is 1.23 bits per heavy atom. The van der Waals surface area contributed by atoms with E-state index in [0.29, 0.717) is 17.4 Å². The number of hydrogen-bond acceptors (Lipinski definition) is 6. The molecule has 0 radical (unpaired) electrons. The van der Waals surface area contributed by atoms with E-state index in [1.165, 1.54) is 11.3 Å². The van der Waals surface area contributed by atoms with Gasteiger partial charge in [0.05, 0.1) is 5.69 Å². The molecule has 134 valence electrons. The maximum Gasteiger partial charge on any atom is 0.276 e. The first-order chi connectivity index (χ1) is 12.6. The zero-order valence-corrected chi connectivity index (χ0v) is 15.5. The van der Waals surface area contributed by atoms with Crippen molar-refractivity contribution in [1.29, 1.82) is 0 Å². The molecular weight excluding hydrogens is 348 g/mol. The third-order valence-corrected chi connectivity index (χ3v) is 4.32. The second-order valence-corrected chi connectivity index (χ2v) is 6.74. The highest BCUT2D eigenvalue weighted by molar-refractivity contribution is 7.14. The van der Waals surface area contributed by atoms with Gasteiger partial charge in [-0.15, -0.1) is 11.3 Å².